The van der Waals surface area contributed by atoms with Gasteiger partial charge in [-0.05, 0) is 72.5 Å². The molecule has 7 nitrogen and oxygen atoms in total. The zero-order valence-corrected chi connectivity index (χ0v) is 25.4. The molecule has 0 atom stereocenters. The summed E-state index contributed by atoms with van der Waals surface area (Å²) in [6, 6.07) is 37.0. The van der Waals surface area contributed by atoms with E-state index >= 15 is 0 Å². The van der Waals surface area contributed by atoms with Gasteiger partial charge in [0.2, 0.25) is 0 Å². The van der Waals surface area contributed by atoms with Gasteiger partial charge in [0, 0.05) is 36.8 Å². The third-order valence-corrected chi connectivity index (χ3v) is 8.54. The Labute approximate surface area is 264 Å². The minimum Gasteiger partial charge on any atom is -0.507 e. The number of phenolic OH excluding ortho intramolecular Hbond substituents is 1. The first kappa shape index (κ1) is 30.3. The van der Waals surface area contributed by atoms with Crippen molar-refractivity contribution in [3.63, 3.8) is 0 Å². The minimum atomic E-state index is -0.295. The molecule has 0 radical (unpaired) electrons. The molecule has 0 unspecified atom stereocenters. The van der Waals surface area contributed by atoms with Gasteiger partial charge < -0.3 is 25.8 Å². The summed E-state index contributed by atoms with van der Waals surface area (Å²) >= 11 is 0. The topological polar surface area (TPSA) is 95.5 Å². The van der Waals surface area contributed by atoms with E-state index in [-0.39, 0.29) is 23.3 Å². The lowest BCUT2D eigenvalue weighted by Crippen LogP contribution is -2.43. The second-order valence-corrected chi connectivity index (χ2v) is 11.6. The van der Waals surface area contributed by atoms with Crippen molar-refractivity contribution < 1.29 is 14.6 Å². The number of hydrogen-bond acceptors (Lipinski definition) is 6. The molecule has 0 spiro atoms. The number of nitrogens with zero attached hydrogens (tertiary/aromatic N) is 1. The summed E-state index contributed by atoms with van der Waals surface area (Å²) in [6.07, 6.45) is 6.08. The van der Waals surface area contributed by atoms with Gasteiger partial charge in [-0.2, -0.15) is 0 Å². The SMILES string of the molecule is O=C(NCCNC1CCC(NC(c2ccccc2)c2ccccc2)CC1)c1cc2cccc(OCc3ccccn3)c2cc1O. The third kappa shape index (κ3) is 7.87. The van der Waals surface area contributed by atoms with E-state index in [2.05, 4.69) is 81.6 Å². The Morgan fingerprint density at radius 3 is 2.18 bits per heavy atom. The van der Waals surface area contributed by atoms with Crippen LogP contribution in [0.4, 0.5) is 0 Å². The Morgan fingerprint density at radius 1 is 0.800 bits per heavy atom. The van der Waals surface area contributed by atoms with Crippen LogP contribution in [0.5, 0.6) is 11.5 Å². The van der Waals surface area contributed by atoms with Gasteiger partial charge in [0.25, 0.3) is 5.91 Å². The quantitative estimate of drug-likeness (QED) is 0.122. The predicted molar refractivity (Wildman–Crippen MR) is 178 cm³/mol. The number of phenols is 1. The number of benzene rings is 4. The second-order valence-electron chi connectivity index (χ2n) is 11.6. The molecule has 1 aliphatic rings. The molecule has 6 rings (SSSR count). The molecule has 1 aromatic heterocycles. The summed E-state index contributed by atoms with van der Waals surface area (Å²) in [6.45, 7) is 1.47. The maximum atomic E-state index is 13.0. The molecule has 1 fully saturated rings. The standard InChI is InChI=1S/C38H40N4O3/c43-35-25-33-29(14-9-16-36(33)45-26-32-15-7-8-21-39-32)24-34(35)38(44)41-23-22-40-30-17-19-31(20-18-30)42-37(27-10-3-1-4-11-27)28-12-5-2-6-13-28/h1-16,21,24-25,30-31,37,40,42-43H,17-20,22-23,26H2,(H,41,44). The Bertz CT molecular complexity index is 1630. The highest BCUT2D eigenvalue weighted by Crippen LogP contribution is 2.32. The number of nitrogens with one attached hydrogen (secondary N) is 3. The predicted octanol–water partition coefficient (Wildman–Crippen LogP) is 6.53. The van der Waals surface area contributed by atoms with Crippen LogP contribution in [0.2, 0.25) is 0 Å². The van der Waals surface area contributed by atoms with Crippen LogP contribution in [0.15, 0.2) is 115 Å². The maximum Gasteiger partial charge on any atom is 0.255 e. The van der Waals surface area contributed by atoms with Crippen molar-refractivity contribution in [1.82, 2.24) is 20.9 Å². The van der Waals surface area contributed by atoms with Crippen LogP contribution in [0, 0.1) is 0 Å². The monoisotopic (exact) mass is 600 g/mol. The molecular formula is C38H40N4O3. The fourth-order valence-corrected chi connectivity index (χ4v) is 6.15. The molecule has 0 saturated heterocycles. The highest BCUT2D eigenvalue weighted by Gasteiger charge is 2.24. The summed E-state index contributed by atoms with van der Waals surface area (Å²) in [7, 11) is 0. The van der Waals surface area contributed by atoms with E-state index in [1.54, 1.807) is 18.3 Å². The number of aromatic nitrogens is 1. The van der Waals surface area contributed by atoms with Gasteiger partial charge in [-0.3, -0.25) is 9.78 Å². The van der Waals surface area contributed by atoms with Crippen molar-refractivity contribution in [1.29, 1.82) is 0 Å². The number of carbonyl (C=O) groups excluding carboxylic acids is 1. The Morgan fingerprint density at radius 2 is 1.49 bits per heavy atom. The van der Waals surface area contributed by atoms with Gasteiger partial charge in [-0.25, -0.2) is 0 Å². The number of ether oxygens (including phenoxy) is 1. The minimum absolute atomic E-state index is 0.0722. The van der Waals surface area contributed by atoms with Crippen LogP contribution >= 0.6 is 0 Å². The lowest BCUT2D eigenvalue weighted by Gasteiger charge is -2.33. The molecule has 1 heterocycles. The molecule has 230 valence electrons. The average molecular weight is 601 g/mol. The zero-order valence-electron chi connectivity index (χ0n) is 25.4. The maximum absolute atomic E-state index is 13.0. The fourth-order valence-electron chi connectivity index (χ4n) is 6.15. The van der Waals surface area contributed by atoms with Crippen LogP contribution in [0.3, 0.4) is 0 Å². The molecule has 4 aromatic carbocycles. The first-order valence-corrected chi connectivity index (χ1v) is 15.8. The van der Waals surface area contributed by atoms with Gasteiger partial charge >= 0.3 is 0 Å². The first-order valence-electron chi connectivity index (χ1n) is 15.8. The molecule has 0 bridgehead atoms. The third-order valence-electron chi connectivity index (χ3n) is 8.54. The van der Waals surface area contributed by atoms with Gasteiger partial charge in [0.15, 0.2) is 0 Å². The van der Waals surface area contributed by atoms with E-state index in [1.807, 2.05) is 36.4 Å². The van der Waals surface area contributed by atoms with Crippen molar-refractivity contribution in [2.24, 2.45) is 0 Å². The van der Waals surface area contributed by atoms with E-state index in [4.69, 9.17) is 4.74 Å². The zero-order chi connectivity index (χ0) is 30.8. The smallest absolute Gasteiger partial charge is 0.255 e. The first-order chi connectivity index (χ1) is 22.1. The van der Waals surface area contributed by atoms with Crippen molar-refractivity contribution >= 4 is 16.7 Å². The number of hydrogen-bond donors (Lipinski definition) is 4. The van der Waals surface area contributed by atoms with Crippen LogP contribution < -0.4 is 20.7 Å². The van der Waals surface area contributed by atoms with Gasteiger partial charge in [-0.1, -0.05) is 78.9 Å². The van der Waals surface area contributed by atoms with Gasteiger partial charge in [0.05, 0.1) is 17.3 Å². The molecule has 1 aliphatic carbocycles. The highest BCUT2D eigenvalue weighted by atomic mass is 16.5. The molecule has 5 aromatic rings. The van der Waals surface area contributed by atoms with Gasteiger partial charge in [-0.15, -0.1) is 0 Å². The van der Waals surface area contributed by atoms with E-state index < -0.39 is 0 Å². The summed E-state index contributed by atoms with van der Waals surface area (Å²) in [5.41, 5.74) is 3.63. The molecule has 1 amide bonds. The van der Waals surface area contributed by atoms with Crippen LogP contribution in [-0.4, -0.2) is 41.2 Å². The summed E-state index contributed by atoms with van der Waals surface area (Å²) in [4.78, 5) is 17.3. The normalized spacial score (nSPS) is 16.5. The average Bonchev–Trinajstić information content (AvgIpc) is 3.09. The molecule has 7 heteroatoms. The van der Waals surface area contributed by atoms with E-state index in [0.717, 1.165) is 42.1 Å². The lowest BCUT2D eigenvalue weighted by molar-refractivity contribution is 0.0950. The number of amides is 1. The molecule has 45 heavy (non-hydrogen) atoms. The molecule has 0 aliphatic heterocycles. The van der Waals surface area contributed by atoms with Crippen LogP contribution in [-0.2, 0) is 6.61 Å². The largest absolute Gasteiger partial charge is 0.507 e. The van der Waals surface area contributed by atoms with Gasteiger partial charge in [0.1, 0.15) is 18.1 Å². The molecule has 4 N–H and O–H groups in total. The summed E-state index contributed by atoms with van der Waals surface area (Å²) < 4.78 is 5.98. The van der Waals surface area contributed by atoms with Crippen molar-refractivity contribution in [3.05, 3.63) is 138 Å². The van der Waals surface area contributed by atoms with Crippen molar-refractivity contribution in [3.8, 4) is 11.5 Å². The van der Waals surface area contributed by atoms with Crippen LogP contribution in [0.1, 0.15) is 58.9 Å². The van der Waals surface area contributed by atoms with Crippen LogP contribution in [0.25, 0.3) is 10.8 Å². The van der Waals surface area contributed by atoms with Crippen molar-refractivity contribution in [2.45, 2.75) is 50.4 Å². The number of rotatable bonds is 12. The highest BCUT2D eigenvalue weighted by molar-refractivity contribution is 6.02. The number of pyridine rings is 1. The van der Waals surface area contributed by atoms with E-state index in [0.29, 0.717) is 37.5 Å². The summed E-state index contributed by atoms with van der Waals surface area (Å²) in [5.74, 6) is 0.263. The van der Waals surface area contributed by atoms with Crippen molar-refractivity contribution in [2.75, 3.05) is 13.1 Å². The molecular weight excluding hydrogens is 560 g/mol. The Balaban J connectivity index is 0.971. The fraction of sp³-hybridized carbons (Fsp3) is 0.263. The number of fused-ring (bicyclic) bond motifs is 1. The van der Waals surface area contributed by atoms with E-state index in [9.17, 15) is 9.90 Å². The lowest BCUT2D eigenvalue weighted by atomic mass is 9.89. The summed E-state index contributed by atoms with van der Waals surface area (Å²) in [5, 5.41) is 22.8. The second kappa shape index (κ2) is 14.8. The Hall–Kier alpha value is -4.72. The van der Waals surface area contributed by atoms with E-state index in [1.165, 1.54) is 11.1 Å². The Kier molecular flexibility index (Phi) is 10.00. The number of aromatic hydroxyl groups is 1. The number of carbonyl (C=O) groups is 1. The molecule has 1 saturated carbocycles.